The molecule has 45 heavy (non-hydrogen) atoms. The van der Waals surface area contributed by atoms with Gasteiger partial charge < -0.3 is 31.3 Å². The average Bonchev–Trinajstić information content (AvgIpc) is 3.75. The SMILES string of the molecule is Cc1ncsc1-c1ccc([C@@H](C)NC(=O)[C@H]2C[C@H](O)CN2C(=O)[C@H](NC(=O)CCCNC(=O)C[C@@H]2CCNC2)C(C)(C)C)cc1. The lowest BCUT2D eigenvalue weighted by atomic mass is 9.85. The van der Waals surface area contributed by atoms with Gasteiger partial charge in [0.15, 0.2) is 0 Å². The van der Waals surface area contributed by atoms with Gasteiger partial charge in [0.2, 0.25) is 23.6 Å². The number of aliphatic hydroxyl groups is 1. The van der Waals surface area contributed by atoms with Crippen molar-refractivity contribution in [2.45, 2.75) is 91.0 Å². The molecule has 12 heteroatoms. The molecule has 0 unspecified atom stereocenters. The summed E-state index contributed by atoms with van der Waals surface area (Å²) in [4.78, 5) is 59.2. The number of hydrogen-bond donors (Lipinski definition) is 5. The van der Waals surface area contributed by atoms with Crippen LogP contribution in [-0.2, 0) is 19.2 Å². The van der Waals surface area contributed by atoms with Crippen LogP contribution in [0.3, 0.4) is 0 Å². The van der Waals surface area contributed by atoms with Crippen molar-refractivity contribution in [3.05, 3.63) is 41.0 Å². The second kappa shape index (κ2) is 15.3. The maximum atomic E-state index is 13.9. The number of aryl methyl sites for hydroxylation is 1. The number of thiazole rings is 1. The first-order chi connectivity index (χ1) is 21.3. The summed E-state index contributed by atoms with van der Waals surface area (Å²) in [5.74, 6) is -0.707. The summed E-state index contributed by atoms with van der Waals surface area (Å²) in [6.45, 7) is 11.6. The van der Waals surface area contributed by atoms with Gasteiger partial charge in [-0.1, -0.05) is 45.0 Å². The van der Waals surface area contributed by atoms with Gasteiger partial charge in [-0.05, 0) is 62.2 Å². The maximum absolute atomic E-state index is 13.9. The molecule has 11 nitrogen and oxygen atoms in total. The quantitative estimate of drug-likeness (QED) is 0.224. The first kappa shape index (κ1) is 34.5. The van der Waals surface area contributed by atoms with E-state index in [1.165, 1.54) is 4.90 Å². The van der Waals surface area contributed by atoms with E-state index in [-0.39, 0.29) is 43.1 Å². The normalized spacial score (nSPS) is 21.3. The number of benzene rings is 1. The second-order valence-electron chi connectivity index (χ2n) is 13.4. The molecule has 0 bridgehead atoms. The molecule has 4 amide bonds. The lowest BCUT2D eigenvalue weighted by molar-refractivity contribution is -0.144. The zero-order chi connectivity index (χ0) is 32.7. The van der Waals surface area contributed by atoms with Gasteiger partial charge in [0.1, 0.15) is 12.1 Å². The van der Waals surface area contributed by atoms with Crippen molar-refractivity contribution in [2.75, 3.05) is 26.2 Å². The minimum Gasteiger partial charge on any atom is -0.391 e. The molecule has 2 fully saturated rings. The predicted octanol–water partition coefficient (Wildman–Crippen LogP) is 2.68. The third-order valence-corrected chi connectivity index (χ3v) is 9.58. The summed E-state index contributed by atoms with van der Waals surface area (Å²) in [7, 11) is 0. The largest absolute Gasteiger partial charge is 0.391 e. The van der Waals surface area contributed by atoms with Crippen LogP contribution in [0, 0.1) is 18.3 Å². The van der Waals surface area contributed by atoms with E-state index in [2.05, 4.69) is 26.3 Å². The van der Waals surface area contributed by atoms with Crippen LogP contribution in [0.4, 0.5) is 0 Å². The van der Waals surface area contributed by atoms with Crippen LogP contribution in [0.25, 0.3) is 10.4 Å². The summed E-state index contributed by atoms with van der Waals surface area (Å²) < 4.78 is 0. The van der Waals surface area contributed by atoms with Gasteiger partial charge in [-0.15, -0.1) is 11.3 Å². The molecule has 2 aromatic rings. The van der Waals surface area contributed by atoms with Crippen molar-refractivity contribution < 1.29 is 24.3 Å². The lowest BCUT2D eigenvalue weighted by Gasteiger charge is -2.35. The number of rotatable bonds is 12. The third kappa shape index (κ3) is 9.34. The molecule has 1 aromatic carbocycles. The molecule has 0 radical (unpaired) electrons. The van der Waals surface area contributed by atoms with Crippen molar-refractivity contribution >= 4 is 35.0 Å². The Morgan fingerprint density at radius 3 is 2.49 bits per heavy atom. The van der Waals surface area contributed by atoms with Crippen LogP contribution in [-0.4, -0.2) is 83.0 Å². The Morgan fingerprint density at radius 1 is 1.13 bits per heavy atom. The van der Waals surface area contributed by atoms with Crippen molar-refractivity contribution in [3.63, 3.8) is 0 Å². The van der Waals surface area contributed by atoms with Crippen molar-refractivity contribution in [1.82, 2.24) is 31.2 Å². The topological polar surface area (TPSA) is 153 Å². The Labute approximate surface area is 269 Å². The molecule has 0 saturated carbocycles. The van der Waals surface area contributed by atoms with Crippen LogP contribution >= 0.6 is 11.3 Å². The van der Waals surface area contributed by atoms with Crippen LogP contribution in [0.1, 0.15) is 77.1 Å². The molecule has 3 heterocycles. The van der Waals surface area contributed by atoms with Crippen LogP contribution in [0.5, 0.6) is 0 Å². The number of carbonyl (C=O) groups is 4. The van der Waals surface area contributed by atoms with Gasteiger partial charge in [-0.2, -0.15) is 0 Å². The Morgan fingerprint density at radius 2 is 1.87 bits per heavy atom. The molecule has 5 N–H and O–H groups in total. The van der Waals surface area contributed by atoms with E-state index in [9.17, 15) is 24.3 Å². The fourth-order valence-corrected chi connectivity index (χ4v) is 6.76. The number of likely N-dealkylation sites (tertiary alicyclic amines) is 1. The number of aliphatic hydroxyl groups excluding tert-OH is 1. The number of hydrogen-bond acceptors (Lipinski definition) is 8. The molecular weight excluding hydrogens is 592 g/mol. The summed E-state index contributed by atoms with van der Waals surface area (Å²) >= 11 is 1.58. The van der Waals surface area contributed by atoms with Crippen molar-refractivity contribution in [2.24, 2.45) is 11.3 Å². The van der Waals surface area contributed by atoms with Crippen molar-refractivity contribution in [1.29, 1.82) is 0 Å². The highest BCUT2D eigenvalue weighted by atomic mass is 32.1. The number of nitrogens with zero attached hydrogens (tertiary/aromatic N) is 2. The second-order valence-corrected chi connectivity index (χ2v) is 14.3. The number of carbonyl (C=O) groups excluding carboxylic acids is 4. The highest BCUT2D eigenvalue weighted by molar-refractivity contribution is 7.13. The first-order valence-electron chi connectivity index (χ1n) is 15.9. The fourth-order valence-electron chi connectivity index (χ4n) is 5.95. The Kier molecular flexibility index (Phi) is 11.7. The minimum absolute atomic E-state index is 0.0129. The molecule has 2 aliphatic heterocycles. The molecule has 0 spiro atoms. The molecule has 4 rings (SSSR count). The predicted molar refractivity (Wildman–Crippen MR) is 174 cm³/mol. The Bertz CT molecular complexity index is 1330. The van der Waals surface area contributed by atoms with E-state index in [4.69, 9.17) is 0 Å². The third-order valence-electron chi connectivity index (χ3n) is 8.60. The van der Waals surface area contributed by atoms with E-state index in [1.54, 1.807) is 11.3 Å². The number of nitrogens with one attached hydrogen (secondary N) is 4. The van der Waals surface area contributed by atoms with E-state index < -0.39 is 29.5 Å². The number of amides is 4. The Hall–Kier alpha value is -3.35. The molecule has 5 atom stereocenters. The fraction of sp³-hybridized carbons (Fsp3) is 0.606. The lowest BCUT2D eigenvalue weighted by Crippen LogP contribution is -2.57. The van der Waals surface area contributed by atoms with E-state index in [0.29, 0.717) is 25.3 Å². The van der Waals surface area contributed by atoms with Gasteiger partial charge in [-0.3, -0.25) is 19.2 Å². The molecule has 0 aliphatic carbocycles. The Balaban J connectivity index is 1.32. The summed E-state index contributed by atoms with van der Waals surface area (Å²) in [6, 6.07) is 5.87. The standard InChI is InChI=1S/C33H48N6O5S/c1-20(23-8-10-24(11-9-23)29-21(2)36-19-45-29)37-31(43)26-16-25(40)18-39(26)32(44)30(33(3,4)5)38-27(41)7-6-13-35-28(42)15-22-12-14-34-17-22/h8-11,19-20,22,25-26,30,34,40H,6-7,12-18H2,1-5H3,(H,35,42)(H,37,43)(H,38,41)/t20-,22+,25+,26-,30+/m1/s1. The van der Waals surface area contributed by atoms with Crippen LogP contribution in [0.2, 0.25) is 0 Å². The smallest absolute Gasteiger partial charge is 0.246 e. The molecule has 2 aliphatic rings. The first-order valence-corrected chi connectivity index (χ1v) is 16.8. The van der Waals surface area contributed by atoms with E-state index in [1.807, 2.05) is 64.4 Å². The zero-order valence-corrected chi connectivity index (χ0v) is 27.8. The molecular formula is C33H48N6O5S. The molecule has 2 saturated heterocycles. The highest BCUT2D eigenvalue weighted by Gasteiger charge is 2.44. The van der Waals surface area contributed by atoms with Gasteiger partial charge >= 0.3 is 0 Å². The van der Waals surface area contributed by atoms with E-state index >= 15 is 0 Å². The molecule has 246 valence electrons. The van der Waals surface area contributed by atoms with Gasteiger partial charge in [0.25, 0.3) is 0 Å². The minimum atomic E-state index is -0.893. The highest BCUT2D eigenvalue weighted by Crippen LogP contribution is 2.29. The maximum Gasteiger partial charge on any atom is 0.246 e. The van der Waals surface area contributed by atoms with Gasteiger partial charge in [-0.25, -0.2) is 4.98 Å². The van der Waals surface area contributed by atoms with Gasteiger partial charge in [0.05, 0.1) is 28.2 Å². The zero-order valence-electron chi connectivity index (χ0n) is 27.0. The molecule has 1 aromatic heterocycles. The summed E-state index contributed by atoms with van der Waals surface area (Å²) in [6.07, 6.45) is 1.35. The number of β-amino-alcohol motifs (C(OH)–C–C–N with tert-alkyl or cyclic N) is 1. The van der Waals surface area contributed by atoms with E-state index in [0.717, 1.165) is 41.2 Å². The van der Waals surface area contributed by atoms with Crippen LogP contribution in [0.15, 0.2) is 29.8 Å². The monoisotopic (exact) mass is 640 g/mol. The average molecular weight is 641 g/mol. The van der Waals surface area contributed by atoms with Gasteiger partial charge in [0, 0.05) is 32.4 Å². The summed E-state index contributed by atoms with van der Waals surface area (Å²) in [5.41, 5.74) is 4.12. The summed E-state index contributed by atoms with van der Waals surface area (Å²) in [5, 5.41) is 22.5. The van der Waals surface area contributed by atoms with Crippen LogP contribution < -0.4 is 21.3 Å². The number of aromatic nitrogens is 1. The van der Waals surface area contributed by atoms with Crippen molar-refractivity contribution in [3.8, 4) is 10.4 Å².